The number of anilines is 1. The molecule has 0 saturated heterocycles. The Labute approximate surface area is 109 Å². The zero-order chi connectivity index (χ0) is 13.8. The highest BCUT2D eigenvalue weighted by atomic mass is 32.2. The van der Waals surface area contributed by atoms with E-state index in [9.17, 15) is 13.2 Å². The zero-order valence-corrected chi connectivity index (χ0v) is 11.4. The number of hydrogen-bond donors (Lipinski definition) is 3. The molecule has 100 valence electrons. The van der Waals surface area contributed by atoms with Gasteiger partial charge in [-0.3, -0.25) is 0 Å². The molecule has 0 bridgehead atoms. The Kier molecular flexibility index (Phi) is 4.82. The molecule has 0 spiro atoms. The molecule has 0 unspecified atom stereocenters. The number of rotatable bonds is 6. The molecular formula is C9H13N3O4S2. The molecule has 1 heterocycles. The lowest BCUT2D eigenvalue weighted by Crippen LogP contribution is -2.35. The molecule has 0 fully saturated rings. The van der Waals surface area contributed by atoms with E-state index in [-0.39, 0.29) is 11.2 Å². The molecule has 0 saturated carbocycles. The molecule has 0 aliphatic rings. The van der Waals surface area contributed by atoms with E-state index in [2.05, 4.69) is 14.4 Å². The average molecular weight is 291 g/mol. The van der Waals surface area contributed by atoms with E-state index in [0.29, 0.717) is 4.88 Å². The highest BCUT2D eigenvalue weighted by Gasteiger charge is 2.13. The van der Waals surface area contributed by atoms with E-state index >= 15 is 0 Å². The minimum absolute atomic E-state index is 0.174. The fourth-order valence-corrected chi connectivity index (χ4v) is 3.05. The van der Waals surface area contributed by atoms with Crippen LogP contribution in [0.25, 0.3) is 6.08 Å². The molecule has 7 nitrogen and oxygen atoms in total. The number of carboxylic acid groups (broad SMARTS) is 1. The standard InChI is InChI=1S/C9H13N3O4S2/c1-6(2)11-18(15,16)12-9-10-5-7(17-9)3-4-8(13)14/h3-6,11H,1-2H3,(H,10,12)(H,13,14)/b4-3+. The van der Waals surface area contributed by atoms with Crippen molar-refractivity contribution in [1.82, 2.24) is 9.71 Å². The van der Waals surface area contributed by atoms with Gasteiger partial charge in [-0.2, -0.15) is 13.1 Å². The van der Waals surface area contributed by atoms with Gasteiger partial charge in [0.1, 0.15) is 0 Å². The molecule has 0 amide bonds. The maximum atomic E-state index is 11.5. The lowest BCUT2D eigenvalue weighted by molar-refractivity contribution is -0.131. The average Bonchev–Trinajstić information content (AvgIpc) is 2.59. The molecule has 0 atom stereocenters. The van der Waals surface area contributed by atoms with E-state index in [1.165, 1.54) is 12.3 Å². The number of hydrogen-bond acceptors (Lipinski definition) is 5. The Morgan fingerprint density at radius 1 is 1.56 bits per heavy atom. The first-order valence-corrected chi connectivity index (χ1v) is 7.25. The lowest BCUT2D eigenvalue weighted by atomic mass is 10.4. The van der Waals surface area contributed by atoms with Gasteiger partial charge in [-0.05, 0) is 19.9 Å². The lowest BCUT2D eigenvalue weighted by Gasteiger charge is -2.08. The molecular weight excluding hydrogens is 278 g/mol. The second-order valence-electron chi connectivity index (χ2n) is 3.62. The molecule has 0 aliphatic heterocycles. The maximum Gasteiger partial charge on any atom is 0.328 e. The second-order valence-corrected chi connectivity index (χ2v) is 6.13. The monoisotopic (exact) mass is 291 g/mol. The molecule has 0 radical (unpaired) electrons. The van der Waals surface area contributed by atoms with E-state index in [4.69, 9.17) is 5.11 Å². The number of nitrogens with zero attached hydrogens (tertiary/aromatic N) is 1. The van der Waals surface area contributed by atoms with Gasteiger partial charge in [-0.1, -0.05) is 11.3 Å². The first kappa shape index (κ1) is 14.6. The van der Waals surface area contributed by atoms with Crippen molar-refractivity contribution in [3.63, 3.8) is 0 Å². The SMILES string of the molecule is CC(C)NS(=O)(=O)Nc1ncc(/C=C/C(=O)O)s1. The number of carbonyl (C=O) groups is 1. The highest BCUT2D eigenvalue weighted by Crippen LogP contribution is 2.20. The smallest absolute Gasteiger partial charge is 0.328 e. The summed E-state index contributed by atoms with van der Waals surface area (Å²) in [7, 11) is -3.64. The summed E-state index contributed by atoms with van der Waals surface area (Å²) in [6.07, 6.45) is 3.68. The molecule has 0 aliphatic carbocycles. The topological polar surface area (TPSA) is 108 Å². The molecule has 0 aromatic carbocycles. The van der Waals surface area contributed by atoms with E-state index in [0.717, 1.165) is 17.4 Å². The normalized spacial score (nSPS) is 12.2. The van der Waals surface area contributed by atoms with Crippen molar-refractivity contribution in [2.45, 2.75) is 19.9 Å². The fourth-order valence-electron chi connectivity index (χ4n) is 1.02. The number of aromatic nitrogens is 1. The van der Waals surface area contributed by atoms with E-state index in [1.54, 1.807) is 13.8 Å². The van der Waals surface area contributed by atoms with Gasteiger partial charge >= 0.3 is 16.2 Å². The second kappa shape index (κ2) is 5.94. The summed E-state index contributed by atoms with van der Waals surface area (Å²) in [4.78, 5) is 14.7. The van der Waals surface area contributed by atoms with Crippen LogP contribution in [0.3, 0.4) is 0 Å². The summed E-state index contributed by atoms with van der Waals surface area (Å²) in [5.74, 6) is -1.08. The molecule has 3 N–H and O–H groups in total. The molecule has 1 aromatic rings. The summed E-state index contributed by atoms with van der Waals surface area (Å²) >= 11 is 1.04. The maximum absolute atomic E-state index is 11.5. The van der Waals surface area contributed by atoms with E-state index < -0.39 is 16.2 Å². The molecule has 1 aromatic heterocycles. The summed E-state index contributed by atoms with van der Waals surface area (Å²) in [6, 6.07) is -0.228. The molecule has 9 heteroatoms. The van der Waals surface area contributed by atoms with Crippen LogP contribution in [0.4, 0.5) is 5.13 Å². The Hall–Kier alpha value is -1.45. The molecule has 18 heavy (non-hydrogen) atoms. The molecule has 1 rings (SSSR count). The van der Waals surface area contributed by atoms with Crippen molar-refractivity contribution in [3.8, 4) is 0 Å². The van der Waals surface area contributed by atoms with E-state index in [1.807, 2.05) is 0 Å². The van der Waals surface area contributed by atoms with Crippen LogP contribution in [-0.2, 0) is 15.0 Å². The Morgan fingerprint density at radius 3 is 2.78 bits per heavy atom. The van der Waals surface area contributed by atoms with Crippen LogP contribution in [0, 0.1) is 0 Å². The zero-order valence-electron chi connectivity index (χ0n) is 9.75. The van der Waals surface area contributed by atoms with Crippen LogP contribution < -0.4 is 9.44 Å². The Bertz CT molecular complexity index is 548. The van der Waals surface area contributed by atoms with Crippen molar-refractivity contribution in [2.75, 3.05) is 4.72 Å². The van der Waals surface area contributed by atoms with Crippen LogP contribution in [0.2, 0.25) is 0 Å². The Balaban J connectivity index is 2.73. The van der Waals surface area contributed by atoms with Crippen molar-refractivity contribution < 1.29 is 18.3 Å². The van der Waals surface area contributed by atoms with Gasteiger partial charge < -0.3 is 5.11 Å². The number of aliphatic carboxylic acids is 1. The third kappa shape index (κ3) is 5.25. The van der Waals surface area contributed by atoms with Crippen LogP contribution in [0.15, 0.2) is 12.3 Å². The Morgan fingerprint density at radius 2 is 2.22 bits per heavy atom. The van der Waals surface area contributed by atoms with Gasteiger partial charge in [0.15, 0.2) is 5.13 Å². The van der Waals surface area contributed by atoms with Crippen LogP contribution >= 0.6 is 11.3 Å². The largest absolute Gasteiger partial charge is 0.478 e. The van der Waals surface area contributed by atoms with Crippen molar-refractivity contribution in [2.24, 2.45) is 0 Å². The van der Waals surface area contributed by atoms with Crippen LogP contribution in [0.5, 0.6) is 0 Å². The third-order valence-corrected chi connectivity index (χ3v) is 3.78. The van der Waals surface area contributed by atoms with Gasteiger partial charge in [0.25, 0.3) is 0 Å². The van der Waals surface area contributed by atoms with Crippen LogP contribution in [-0.4, -0.2) is 30.5 Å². The van der Waals surface area contributed by atoms with Gasteiger partial charge in [0, 0.05) is 23.2 Å². The van der Waals surface area contributed by atoms with Crippen molar-refractivity contribution in [3.05, 3.63) is 17.2 Å². The summed E-state index contributed by atoms with van der Waals surface area (Å²) in [5, 5.41) is 8.62. The van der Waals surface area contributed by atoms with Crippen molar-refractivity contribution >= 4 is 38.7 Å². The van der Waals surface area contributed by atoms with Crippen LogP contribution in [0.1, 0.15) is 18.7 Å². The number of nitrogens with one attached hydrogen (secondary N) is 2. The predicted octanol–water partition coefficient (Wildman–Crippen LogP) is 0.896. The van der Waals surface area contributed by atoms with Gasteiger partial charge in [0.2, 0.25) is 0 Å². The first-order chi connectivity index (χ1) is 8.28. The van der Waals surface area contributed by atoms with Crippen molar-refractivity contribution in [1.29, 1.82) is 0 Å². The summed E-state index contributed by atoms with van der Waals surface area (Å²) < 4.78 is 27.6. The van der Waals surface area contributed by atoms with Gasteiger partial charge in [-0.25, -0.2) is 14.5 Å². The first-order valence-electron chi connectivity index (χ1n) is 4.95. The van der Waals surface area contributed by atoms with Gasteiger partial charge in [-0.15, -0.1) is 0 Å². The van der Waals surface area contributed by atoms with Gasteiger partial charge in [0.05, 0.1) is 0 Å². The third-order valence-electron chi connectivity index (χ3n) is 1.53. The number of carboxylic acids is 1. The fraction of sp³-hybridized carbons (Fsp3) is 0.333. The summed E-state index contributed by atoms with van der Waals surface area (Å²) in [5.41, 5.74) is 0. The minimum Gasteiger partial charge on any atom is -0.478 e. The highest BCUT2D eigenvalue weighted by molar-refractivity contribution is 7.91. The quantitative estimate of drug-likeness (QED) is 0.675. The number of thiazole rings is 1. The predicted molar refractivity (Wildman–Crippen MR) is 69.6 cm³/mol. The summed E-state index contributed by atoms with van der Waals surface area (Å²) in [6.45, 7) is 3.39. The minimum atomic E-state index is -3.64.